The molecule has 1 aliphatic heterocycles. The zero-order chi connectivity index (χ0) is 15.2. The second-order valence-electron chi connectivity index (χ2n) is 7.42. The average Bonchev–Trinajstić information content (AvgIpc) is 3.19. The average molecular weight is 292 g/mol. The number of nitrogens with zero attached hydrogens (tertiary/aromatic N) is 3. The van der Waals surface area contributed by atoms with E-state index in [2.05, 4.69) is 31.9 Å². The van der Waals surface area contributed by atoms with Crippen LogP contribution in [0.4, 0.5) is 0 Å². The van der Waals surface area contributed by atoms with Crippen LogP contribution in [-0.2, 0) is 17.2 Å². The first-order valence-corrected chi connectivity index (χ1v) is 8.03. The summed E-state index contributed by atoms with van der Waals surface area (Å²) in [5.41, 5.74) is 8.50. The normalized spacial score (nSPS) is 28.0. The third-order valence-electron chi connectivity index (χ3n) is 4.53. The molecule has 118 valence electrons. The molecule has 3 rings (SSSR count). The minimum Gasteiger partial charge on any atom is -0.374 e. The van der Waals surface area contributed by atoms with Gasteiger partial charge in [-0.15, -0.1) is 0 Å². The first-order valence-electron chi connectivity index (χ1n) is 8.03. The highest BCUT2D eigenvalue weighted by molar-refractivity contribution is 5.29. The van der Waals surface area contributed by atoms with Gasteiger partial charge in [-0.1, -0.05) is 20.8 Å². The van der Waals surface area contributed by atoms with E-state index in [0.717, 1.165) is 13.2 Å². The highest BCUT2D eigenvalue weighted by Gasteiger charge is 2.43. The van der Waals surface area contributed by atoms with E-state index < -0.39 is 0 Å². The summed E-state index contributed by atoms with van der Waals surface area (Å²) < 4.78 is 7.91. The molecule has 2 heterocycles. The molecule has 0 aromatic carbocycles. The van der Waals surface area contributed by atoms with Crippen LogP contribution in [0.5, 0.6) is 0 Å². The van der Waals surface area contributed by atoms with Gasteiger partial charge in [0.2, 0.25) is 0 Å². The Morgan fingerprint density at radius 2 is 2.10 bits per heavy atom. The Hall–Kier alpha value is -0.910. The summed E-state index contributed by atoms with van der Waals surface area (Å²) >= 11 is 0. The van der Waals surface area contributed by atoms with Crippen LogP contribution in [0.2, 0.25) is 0 Å². The van der Waals surface area contributed by atoms with Crippen LogP contribution in [0.15, 0.2) is 6.20 Å². The molecule has 0 radical (unpaired) electrons. The highest BCUT2D eigenvalue weighted by atomic mass is 16.5. The number of morpholine rings is 1. The van der Waals surface area contributed by atoms with Crippen molar-refractivity contribution in [1.82, 2.24) is 14.7 Å². The van der Waals surface area contributed by atoms with E-state index in [4.69, 9.17) is 15.6 Å². The lowest BCUT2D eigenvalue weighted by molar-refractivity contribution is -0.0717. The summed E-state index contributed by atoms with van der Waals surface area (Å²) in [6.45, 7) is 9.03. The van der Waals surface area contributed by atoms with Crippen molar-refractivity contribution in [3.8, 4) is 0 Å². The molecule has 1 saturated heterocycles. The topological polar surface area (TPSA) is 56.3 Å². The van der Waals surface area contributed by atoms with Gasteiger partial charge in [0.1, 0.15) is 0 Å². The van der Waals surface area contributed by atoms with E-state index in [1.807, 2.05) is 11.7 Å². The van der Waals surface area contributed by atoms with Crippen molar-refractivity contribution in [1.29, 1.82) is 0 Å². The molecule has 1 aliphatic carbocycles. The largest absolute Gasteiger partial charge is 0.374 e. The van der Waals surface area contributed by atoms with Crippen molar-refractivity contribution in [2.45, 2.75) is 57.2 Å². The second-order valence-corrected chi connectivity index (χ2v) is 7.42. The lowest BCUT2D eigenvalue weighted by Crippen LogP contribution is -2.49. The molecule has 0 spiro atoms. The number of rotatable bonds is 3. The fourth-order valence-corrected chi connectivity index (χ4v) is 3.45. The van der Waals surface area contributed by atoms with Crippen molar-refractivity contribution >= 4 is 0 Å². The van der Waals surface area contributed by atoms with Gasteiger partial charge in [-0.2, -0.15) is 5.10 Å². The standard InChI is InChI=1S/C16H28N4O/c1-16(2,3)15-12(10-19(4)18-15)14-13(9-17)21-8-7-20(14)11-5-6-11/h10-11,13-14H,5-9,17H2,1-4H3. The van der Waals surface area contributed by atoms with Gasteiger partial charge in [-0.3, -0.25) is 9.58 Å². The third-order valence-corrected chi connectivity index (χ3v) is 4.53. The van der Waals surface area contributed by atoms with Crippen molar-refractivity contribution in [3.05, 3.63) is 17.5 Å². The predicted molar refractivity (Wildman–Crippen MR) is 83.2 cm³/mol. The summed E-state index contributed by atoms with van der Waals surface area (Å²) in [6, 6.07) is 0.958. The maximum absolute atomic E-state index is 6.00. The van der Waals surface area contributed by atoms with Gasteiger partial charge in [0, 0.05) is 43.4 Å². The molecule has 21 heavy (non-hydrogen) atoms. The van der Waals surface area contributed by atoms with Crippen LogP contribution in [0.25, 0.3) is 0 Å². The van der Waals surface area contributed by atoms with Gasteiger partial charge in [-0.25, -0.2) is 0 Å². The summed E-state index contributed by atoms with van der Waals surface area (Å²) in [7, 11) is 2.00. The van der Waals surface area contributed by atoms with Gasteiger partial charge in [0.25, 0.3) is 0 Å². The molecule has 5 heteroatoms. The maximum atomic E-state index is 6.00. The predicted octanol–water partition coefficient (Wildman–Crippen LogP) is 1.58. The Balaban J connectivity index is 2.02. The first kappa shape index (κ1) is 15.0. The van der Waals surface area contributed by atoms with E-state index in [0.29, 0.717) is 12.6 Å². The minimum absolute atomic E-state index is 0.0302. The summed E-state index contributed by atoms with van der Waals surface area (Å²) in [5.74, 6) is 0. The van der Waals surface area contributed by atoms with E-state index in [-0.39, 0.29) is 17.6 Å². The van der Waals surface area contributed by atoms with Crippen molar-refractivity contribution in [3.63, 3.8) is 0 Å². The molecule has 2 fully saturated rings. The lowest BCUT2D eigenvalue weighted by atomic mass is 9.85. The fraction of sp³-hybridized carbons (Fsp3) is 0.812. The number of ether oxygens (including phenoxy) is 1. The quantitative estimate of drug-likeness (QED) is 0.919. The Morgan fingerprint density at radius 3 is 2.67 bits per heavy atom. The third kappa shape index (κ3) is 2.87. The number of nitrogens with two attached hydrogens (primary N) is 1. The van der Waals surface area contributed by atoms with E-state index in [1.165, 1.54) is 24.1 Å². The Bertz CT molecular complexity index is 501. The molecule has 0 amide bonds. The lowest BCUT2D eigenvalue weighted by Gasteiger charge is -2.41. The van der Waals surface area contributed by atoms with Gasteiger partial charge in [0.05, 0.1) is 24.4 Å². The minimum atomic E-state index is 0.0302. The van der Waals surface area contributed by atoms with E-state index in [9.17, 15) is 0 Å². The van der Waals surface area contributed by atoms with Crippen LogP contribution in [0.1, 0.15) is 50.9 Å². The number of aromatic nitrogens is 2. The number of hydrogen-bond donors (Lipinski definition) is 1. The smallest absolute Gasteiger partial charge is 0.0895 e. The molecule has 1 aromatic rings. The van der Waals surface area contributed by atoms with E-state index >= 15 is 0 Å². The zero-order valence-corrected chi connectivity index (χ0v) is 13.7. The van der Waals surface area contributed by atoms with Crippen LogP contribution < -0.4 is 5.73 Å². The molecular weight excluding hydrogens is 264 g/mol. The summed E-state index contributed by atoms with van der Waals surface area (Å²) in [4.78, 5) is 2.60. The molecule has 2 N–H and O–H groups in total. The summed E-state index contributed by atoms with van der Waals surface area (Å²) in [6.07, 6.45) is 4.85. The second kappa shape index (κ2) is 5.38. The molecule has 2 atom stereocenters. The Labute approximate surface area is 127 Å². The summed E-state index contributed by atoms with van der Waals surface area (Å²) in [5, 5.41) is 4.73. The molecular formula is C16H28N4O. The Kier molecular flexibility index (Phi) is 3.84. The molecule has 0 bridgehead atoms. The molecule has 2 unspecified atom stereocenters. The van der Waals surface area contributed by atoms with Crippen molar-refractivity contribution in [2.24, 2.45) is 12.8 Å². The Morgan fingerprint density at radius 1 is 1.38 bits per heavy atom. The van der Waals surface area contributed by atoms with Crippen LogP contribution in [-0.4, -0.2) is 46.5 Å². The van der Waals surface area contributed by atoms with Crippen LogP contribution in [0.3, 0.4) is 0 Å². The van der Waals surface area contributed by atoms with Gasteiger partial charge < -0.3 is 10.5 Å². The first-order chi connectivity index (χ1) is 9.91. The van der Waals surface area contributed by atoms with Crippen molar-refractivity contribution < 1.29 is 4.74 Å². The molecule has 2 aliphatic rings. The molecule has 5 nitrogen and oxygen atoms in total. The van der Waals surface area contributed by atoms with Gasteiger partial charge in [-0.05, 0) is 12.8 Å². The number of aryl methyl sites for hydroxylation is 1. The number of hydrogen-bond acceptors (Lipinski definition) is 4. The van der Waals surface area contributed by atoms with Gasteiger partial charge in [0.15, 0.2) is 0 Å². The SMILES string of the molecule is Cn1cc(C2C(CN)OCCN2C2CC2)c(C(C)(C)C)n1. The molecule has 1 saturated carbocycles. The van der Waals surface area contributed by atoms with Crippen LogP contribution in [0, 0.1) is 0 Å². The maximum Gasteiger partial charge on any atom is 0.0895 e. The van der Waals surface area contributed by atoms with E-state index in [1.54, 1.807) is 0 Å². The highest BCUT2D eigenvalue weighted by Crippen LogP contribution is 2.41. The van der Waals surface area contributed by atoms with Crippen LogP contribution >= 0.6 is 0 Å². The fourth-order valence-electron chi connectivity index (χ4n) is 3.45. The monoisotopic (exact) mass is 292 g/mol. The molecule has 1 aromatic heterocycles. The van der Waals surface area contributed by atoms with Gasteiger partial charge >= 0.3 is 0 Å². The van der Waals surface area contributed by atoms with Crippen molar-refractivity contribution in [2.75, 3.05) is 19.7 Å². The zero-order valence-electron chi connectivity index (χ0n) is 13.7.